The van der Waals surface area contributed by atoms with Gasteiger partial charge in [-0.1, -0.05) is 12.1 Å². The zero-order chi connectivity index (χ0) is 8.81. The molecular formula is C10H16N2. The minimum atomic E-state index is 0.858. The Morgan fingerprint density at radius 1 is 1.42 bits per heavy atom. The maximum Gasteiger partial charge on any atom is 0.0316 e. The number of anilines is 1. The van der Waals surface area contributed by atoms with Crippen LogP contribution in [-0.4, -0.2) is 13.6 Å². The Balaban J connectivity index is 2.41. The predicted molar refractivity (Wildman–Crippen MR) is 53.1 cm³/mol. The monoisotopic (exact) mass is 164 g/mol. The average Bonchev–Trinajstić information content (AvgIpc) is 2.05. The van der Waals surface area contributed by atoms with Gasteiger partial charge in [-0.3, -0.25) is 0 Å². The van der Waals surface area contributed by atoms with Crippen molar-refractivity contribution >= 4 is 5.69 Å². The summed E-state index contributed by atoms with van der Waals surface area (Å²) in [6, 6.07) is 8.08. The van der Waals surface area contributed by atoms with Crippen LogP contribution in [0.5, 0.6) is 0 Å². The van der Waals surface area contributed by atoms with Gasteiger partial charge in [-0.25, -0.2) is 0 Å². The molecule has 12 heavy (non-hydrogen) atoms. The maximum absolute atomic E-state index is 5.65. The van der Waals surface area contributed by atoms with Crippen molar-refractivity contribution in [2.75, 3.05) is 19.3 Å². The summed E-state index contributed by atoms with van der Waals surface area (Å²) in [4.78, 5) is 0. The fourth-order valence-corrected chi connectivity index (χ4v) is 1.22. The van der Waals surface area contributed by atoms with Crippen molar-refractivity contribution in [1.82, 2.24) is 5.32 Å². The summed E-state index contributed by atoms with van der Waals surface area (Å²) in [5.74, 6) is 0. The van der Waals surface area contributed by atoms with E-state index < -0.39 is 0 Å². The molecule has 1 rings (SSSR count). The van der Waals surface area contributed by atoms with Crippen LogP contribution in [0.2, 0.25) is 0 Å². The summed E-state index contributed by atoms with van der Waals surface area (Å²) >= 11 is 0. The SMILES string of the molecule is CNCCCc1cccc(N)c1. The summed E-state index contributed by atoms with van der Waals surface area (Å²) in [5.41, 5.74) is 7.83. The van der Waals surface area contributed by atoms with Crippen molar-refractivity contribution in [2.24, 2.45) is 0 Å². The molecule has 0 fully saturated rings. The van der Waals surface area contributed by atoms with Crippen LogP contribution in [0.15, 0.2) is 24.3 Å². The fourth-order valence-electron chi connectivity index (χ4n) is 1.22. The third-order valence-corrected chi connectivity index (χ3v) is 1.84. The van der Waals surface area contributed by atoms with Crippen LogP contribution in [0, 0.1) is 0 Å². The van der Waals surface area contributed by atoms with E-state index in [4.69, 9.17) is 5.73 Å². The van der Waals surface area contributed by atoms with Crippen LogP contribution in [0.3, 0.4) is 0 Å². The van der Waals surface area contributed by atoms with Crippen molar-refractivity contribution in [3.8, 4) is 0 Å². The molecule has 0 aliphatic carbocycles. The Morgan fingerprint density at radius 3 is 2.92 bits per heavy atom. The van der Waals surface area contributed by atoms with E-state index in [2.05, 4.69) is 11.4 Å². The largest absolute Gasteiger partial charge is 0.399 e. The molecule has 0 spiro atoms. The predicted octanol–water partition coefficient (Wildman–Crippen LogP) is 1.42. The van der Waals surface area contributed by atoms with Gasteiger partial charge in [-0.2, -0.15) is 0 Å². The van der Waals surface area contributed by atoms with E-state index in [9.17, 15) is 0 Å². The lowest BCUT2D eigenvalue weighted by atomic mass is 10.1. The molecule has 1 aromatic carbocycles. The second kappa shape index (κ2) is 4.78. The van der Waals surface area contributed by atoms with Crippen LogP contribution in [0.1, 0.15) is 12.0 Å². The number of hydrogen-bond acceptors (Lipinski definition) is 2. The average molecular weight is 164 g/mol. The lowest BCUT2D eigenvalue weighted by molar-refractivity contribution is 0.725. The maximum atomic E-state index is 5.65. The molecule has 0 aliphatic rings. The highest BCUT2D eigenvalue weighted by Gasteiger charge is 1.92. The van der Waals surface area contributed by atoms with Crippen molar-refractivity contribution < 1.29 is 0 Å². The number of benzene rings is 1. The lowest BCUT2D eigenvalue weighted by Crippen LogP contribution is -2.08. The van der Waals surface area contributed by atoms with Gasteiger partial charge in [-0.15, -0.1) is 0 Å². The van der Waals surface area contributed by atoms with Gasteiger partial charge in [0.05, 0.1) is 0 Å². The first-order chi connectivity index (χ1) is 5.83. The zero-order valence-corrected chi connectivity index (χ0v) is 7.51. The molecule has 66 valence electrons. The lowest BCUT2D eigenvalue weighted by Gasteiger charge is -2.01. The highest BCUT2D eigenvalue weighted by Crippen LogP contribution is 2.07. The van der Waals surface area contributed by atoms with E-state index in [-0.39, 0.29) is 0 Å². The fraction of sp³-hybridized carbons (Fsp3) is 0.400. The molecule has 0 unspecified atom stereocenters. The van der Waals surface area contributed by atoms with E-state index in [0.717, 1.165) is 18.7 Å². The first-order valence-corrected chi connectivity index (χ1v) is 4.32. The van der Waals surface area contributed by atoms with E-state index in [1.165, 1.54) is 12.0 Å². The Kier molecular flexibility index (Phi) is 3.61. The van der Waals surface area contributed by atoms with E-state index in [1.807, 2.05) is 25.2 Å². The minimum absolute atomic E-state index is 0.858. The first-order valence-electron chi connectivity index (χ1n) is 4.32. The highest BCUT2D eigenvalue weighted by molar-refractivity contribution is 5.40. The molecule has 1 aromatic rings. The topological polar surface area (TPSA) is 38.0 Å². The Bertz CT molecular complexity index is 233. The number of nitrogens with one attached hydrogen (secondary N) is 1. The number of aryl methyl sites for hydroxylation is 1. The Morgan fingerprint density at radius 2 is 2.25 bits per heavy atom. The highest BCUT2D eigenvalue weighted by atomic mass is 14.8. The summed E-state index contributed by atoms with van der Waals surface area (Å²) in [6.45, 7) is 1.06. The number of hydrogen-bond donors (Lipinski definition) is 2. The van der Waals surface area contributed by atoms with Gasteiger partial charge in [0.15, 0.2) is 0 Å². The van der Waals surface area contributed by atoms with Crippen molar-refractivity contribution in [2.45, 2.75) is 12.8 Å². The summed E-state index contributed by atoms with van der Waals surface area (Å²) in [6.07, 6.45) is 2.27. The first kappa shape index (κ1) is 9.07. The van der Waals surface area contributed by atoms with E-state index >= 15 is 0 Å². The molecule has 0 saturated heterocycles. The number of nitrogens with two attached hydrogens (primary N) is 1. The van der Waals surface area contributed by atoms with E-state index in [0.29, 0.717) is 0 Å². The van der Waals surface area contributed by atoms with Gasteiger partial charge >= 0.3 is 0 Å². The molecule has 0 saturated carbocycles. The van der Waals surface area contributed by atoms with Gasteiger partial charge in [0.2, 0.25) is 0 Å². The quantitative estimate of drug-likeness (QED) is 0.521. The summed E-state index contributed by atoms with van der Waals surface area (Å²) < 4.78 is 0. The molecule has 0 aliphatic heterocycles. The molecule has 0 radical (unpaired) electrons. The molecule has 3 N–H and O–H groups in total. The van der Waals surface area contributed by atoms with Gasteiger partial charge in [0.25, 0.3) is 0 Å². The molecule has 0 bridgehead atoms. The summed E-state index contributed by atoms with van der Waals surface area (Å²) in [5, 5.41) is 3.12. The van der Waals surface area contributed by atoms with Crippen LogP contribution < -0.4 is 11.1 Å². The summed E-state index contributed by atoms with van der Waals surface area (Å²) in [7, 11) is 1.97. The molecule has 2 nitrogen and oxygen atoms in total. The molecule has 0 amide bonds. The third kappa shape index (κ3) is 2.93. The Hall–Kier alpha value is -1.02. The van der Waals surface area contributed by atoms with Gasteiger partial charge in [0, 0.05) is 5.69 Å². The smallest absolute Gasteiger partial charge is 0.0316 e. The normalized spacial score (nSPS) is 10.1. The molecule has 0 atom stereocenters. The number of nitrogen functional groups attached to an aromatic ring is 1. The van der Waals surface area contributed by atoms with Crippen molar-refractivity contribution in [3.05, 3.63) is 29.8 Å². The second-order valence-electron chi connectivity index (χ2n) is 2.95. The Labute approximate surface area is 73.8 Å². The zero-order valence-electron chi connectivity index (χ0n) is 7.51. The van der Waals surface area contributed by atoms with Crippen LogP contribution in [0.25, 0.3) is 0 Å². The van der Waals surface area contributed by atoms with Gasteiger partial charge in [-0.05, 0) is 44.1 Å². The van der Waals surface area contributed by atoms with Crippen molar-refractivity contribution in [1.29, 1.82) is 0 Å². The number of rotatable bonds is 4. The second-order valence-corrected chi connectivity index (χ2v) is 2.95. The molecule has 0 heterocycles. The molecule has 0 aromatic heterocycles. The molecule has 2 heteroatoms. The standard InChI is InChI=1S/C10H16N2/c1-12-7-3-5-9-4-2-6-10(11)8-9/h2,4,6,8,12H,3,5,7,11H2,1H3. The third-order valence-electron chi connectivity index (χ3n) is 1.84. The molecular weight excluding hydrogens is 148 g/mol. The van der Waals surface area contributed by atoms with Gasteiger partial charge < -0.3 is 11.1 Å². The van der Waals surface area contributed by atoms with Gasteiger partial charge in [0.1, 0.15) is 0 Å². The van der Waals surface area contributed by atoms with Crippen LogP contribution in [-0.2, 0) is 6.42 Å². The van der Waals surface area contributed by atoms with E-state index in [1.54, 1.807) is 0 Å². The van der Waals surface area contributed by atoms with Crippen LogP contribution in [0.4, 0.5) is 5.69 Å². The van der Waals surface area contributed by atoms with Crippen LogP contribution >= 0.6 is 0 Å². The van der Waals surface area contributed by atoms with Crippen molar-refractivity contribution in [3.63, 3.8) is 0 Å². The minimum Gasteiger partial charge on any atom is -0.399 e.